The molecule has 0 saturated heterocycles. The van der Waals surface area contributed by atoms with E-state index in [1.54, 1.807) is 19.9 Å². The molecule has 0 amide bonds. The standard InChI is InChI=1S/C21H29FN4O2S/c1-4-23-21(25-14-19-6-5-7-20(22)12-19)24-13-17-8-10-18(11-9-17)15-29(27,28)26-16(2)3/h5-12,16,26H,4,13-15H2,1-3H3,(H2,23,24,25). The molecule has 2 aromatic carbocycles. The molecule has 6 nitrogen and oxygen atoms in total. The van der Waals surface area contributed by atoms with Crippen LogP contribution in [0.3, 0.4) is 0 Å². The van der Waals surface area contributed by atoms with Gasteiger partial charge in [-0.25, -0.2) is 22.5 Å². The van der Waals surface area contributed by atoms with E-state index >= 15 is 0 Å². The van der Waals surface area contributed by atoms with Crippen molar-refractivity contribution >= 4 is 16.0 Å². The minimum absolute atomic E-state index is 0.0450. The summed E-state index contributed by atoms with van der Waals surface area (Å²) in [6.45, 7) is 7.17. The third kappa shape index (κ3) is 8.62. The van der Waals surface area contributed by atoms with Crippen LogP contribution >= 0.6 is 0 Å². The summed E-state index contributed by atoms with van der Waals surface area (Å²) in [5.74, 6) is 0.308. The highest BCUT2D eigenvalue weighted by Crippen LogP contribution is 2.09. The Morgan fingerprint density at radius 1 is 1.03 bits per heavy atom. The molecule has 0 bridgehead atoms. The monoisotopic (exact) mass is 420 g/mol. The van der Waals surface area contributed by atoms with Crippen LogP contribution < -0.4 is 15.4 Å². The molecule has 0 heterocycles. The van der Waals surface area contributed by atoms with Crippen LogP contribution in [0.2, 0.25) is 0 Å². The fourth-order valence-corrected chi connectivity index (χ4v) is 4.14. The summed E-state index contributed by atoms with van der Waals surface area (Å²) >= 11 is 0. The number of sulfonamides is 1. The molecule has 29 heavy (non-hydrogen) atoms. The van der Waals surface area contributed by atoms with Gasteiger partial charge in [0.25, 0.3) is 0 Å². The van der Waals surface area contributed by atoms with Crippen LogP contribution in [0.15, 0.2) is 53.5 Å². The maximum Gasteiger partial charge on any atom is 0.216 e. The zero-order valence-corrected chi connectivity index (χ0v) is 17.9. The highest BCUT2D eigenvalue weighted by atomic mass is 32.2. The average molecular weight is 421 g/mol. The molecule has 0 fully saturated rings. The lowest BCUT2D eigenvalue weighted by molar-refractivity contribution is 0.569. The molecule has 0 unspecified atom stereocenters. The number of benzene rings is 2. The topological polar surface area (TPSA) is 82.6 Å². The third-order valence-corrected chi connectivity index (χ3v) is 5.45. The van der Waals surface area contributed by atoms with E-state index in [0.29, 0.717) is 25.6 Å². The van der Waals surface area contributed by atoms with E-state index in [4.69, 9.17) is 0 Å². The molecule has 2 aromatic rings. The molecule has 0 atom stereocenters. The van der Waals surface area contributed by atoms with Crippen molar-refractivity contribution in [1.29, 1.82) is 0 Å². The summed E-state index contributed by atoms with van der Waals surface area (Å²) in [5, 5.41) is 6.39. The van der Waals surface area contributed by atoms with Gasteiger partial charge in [0.15, 0.2) is 5.96 Å². The second-order valence-electron chi connectivity index (χ2n) is 7.03. The van der Waals surface area contributed by atoms with Crippen LogP contribution in [0.5, 0.6) is 0 Å². The van der Waals surface area contributed by atoms with E-state index in [-0.39, 0.29) is 17.6 Å². The summed E-state index contributed by atoms with van der Waals surface area (Å²) in [7, 11) is -3.34. The molecule has 158 valence electrons. The van der Waals surface area contributed by atoms with Crippen LogP contribution in [0.25, 0.3) is 0 Å². The van der Waals surface area contributed by atoms with E-state index in [0.717, 1.165) is 16.7 Å². The minimum Gasteiger partial charge on any atom is -0.357 e. The zero-order chi connectivity index (χ0) is 21.3. The van der Waals surface area contributed by atoms with Gasteiger partial charge in [-0.2, -0.15) is 0 Å². The van der Waals surface area contributed by atoms with Gasteiger partial charge in [0.05, 0.1) is 12.3 Å². The molecule has 0 aliphatic carbocycles. The van der Waals surface area contributed by atoms with Gasteiger partial charge >= 0.3 is 0 Å². The molecule has 0 radical (unpaired) electrons. The van der Waals surface area contributed by atoms with Crippen molar-refractivity contribution in [3.8, 4) is 0 Å². The van der Waals surface area contributed by atoms with Crippen LogP contribution in [0.1, 0.15) is 37.5 Å². The summed E-state index contributed by atoms with van der Waals surface area (Å²) in [5.41, 5.74) is 2.52. The van der Waals surface area contributed by atoms with Gasteiger partial charge in [0.1, 0.15) is 5.82 Å². The Labute approximate surface area is 172 Å². The van der Waals surface area contributed by atoms with Crippen molar-refractivity contribution < 1.29 is 12.8 Å². The lowest BCUT2D eigenvalue weighted by atomic mass is 10.1. The maximum absolute atomic E-state index is 13.3. The van der Waals surface area contributed by atoms with E-state index in [9.17, 15) is 12.8 Å². The minimum atomic E-state index is -3.34. The predicted molar refractivity (Wildman–Crippen MR) is 115 cm³/mol. The SMILES string of the molecule is CCNC(=NCc1cccc(F)c1)NCc1ccc(CS(=O)(=O)NC(C)C)cc1. The number of hydrogen-bond donors (Lipinski definition) is 3. The molecule has 2 rings (SSSR count). The van der Waals surface area contributed by atoms with Gasteiger partial charge in [-0.1, -0.05) is 36.4 Å². The largest absolute Gasteiger partial charge is 0.357 e. The van der Waals surface area contributed by atoms with Crippen molar-refractivity contribution in [3.05, 3.63) is 71.0 Å². The molecular formula is C21H29FN4O2S. The molecule has 3 N–H and O–H groups in total. The summed E-state index contributed by atoms with van der Waals surface area (Å²) in [6.07, 6.45) is 0. The zero-order valence-electron chi connectivity index (χ0n) is 17.1. The first-order valence-electron chi connectivity index (χ1n) is 9.62. The Hall–Kier alpha value is -2.45. The first-order valence-corrected chi connectivity index (χ1v) is 11.3. The lowest BCUT2D eigenvalue weighted by Crippen LogP contribution is -2.36. The number of aliphatic imine (C=N–C) groups is 1. The van der Waals surface area contributed by atoms with Crippen LogP contribution in [0, 0.1) is 5.82 Å². The van der Waals surface area contributed by atoms with Gasteiger partial charge in [-0.05, 0) is 49.6 Å². The van der Waals surface area contributed by atoms with Gasteiger partial charge in [0.2, 0.25) is 10.0 Å². The molecule has 0 spiro atoms. The first kappa shape index (κ1) is 22.8. The molecule has 0 aliphatic heterocycles. The number of halogens is 1. The van der Waals surface area contributed by atoms with Gasteiger partial charge < -0.3 is 10.6 Å². The van der Waals surface area contributed by atoms with E-state index in [2.05, 4.69) is 20.3 Å². The highest BCUT2D eigenvalue weighted by Gasteiger charge is 2.12. The Bertz CT molecular complexity index is 913. The average Bonchev–Trinajstić information content (AvgIpc) is 2.64. The molecule has 0 aromatic heterocycles. The second-order valence-corrected chi connectivity index (χ2v) is 8.78. The number of nitrogens with one attached hydrogen (secondary N) is 3. The van der Waals surface area contributed by atoms with Crippen molar-refractivity contribution in [3.63, 3.8) is 0 Å². The number of nitrogens with zero attached hydrogens (tertiary/aromatic N) is 1. The first-order chi connectivity index (χ1) is 13.8. The van der Waals surface area contributed by atoms with Crippen LogP contribution in [-0.4, -0.2) is 27.0 Å². The maximum atomic E-state index is 13.3. The van der Waals surface area contributed by atoms with Gasteiger partial charge in [-0.15, -0.1) is 0 Å². The summed E-state index contributed by atoms with van der Waals surface area (Å²) in [4.78, 5) is 4.47. The van der Waals surface area contributed by atoms with Crippen molar-refractivity contribution in [2.75, 3.05) is 6.54 Å². The Kier molecular flexibility index (Phi) is 8.60. The van der Waals surface area contributed by atoms with Gasteiger partial charge in [0, 0.05) is 19.1 Å². The highest BCUT2D eigenvalue weighted by molar-refractivity contribution is 7.88. The van der Waals surface area contributed by atoms with Crippen molar-refractivity contribution in [2.45, 2.75) is 45.7 Å². The number of rotatable bonds is 9. The third-order valence-electron chi connectivity index (χ3n) is 3.91. The normalized spacial score (nSPS) is 12.2. The molecule has 0 saturated carbocycles. The Morgan fingerprint density at radius 2 is 1.72 bits per heavy atom. The smallest absolute Gasteiger partial charge is 0.216 e. The molecule has 8 heteroatoms. The summed E-state index contributed by atoms with van der Waals surface area (Å²) < 4.78 is 39.9. The Balaban J connectivity index is 1.94. The van der Waals surface area contributed by atoms with E-state index in [1.807, 2.05) is 37.3 Å². The Morgan fingerprint density at radius 3 is 2.34 bits per heavy atom. The number of hydrogen-bond acceptors (Lipinski definition) is 3. The van der Waals surface area contributed by atoms with E-state index in [1.165, 1.54) is 12.1 Å². The number of guanidine groups is 1. The van der Waals surface area contributed by atoms with Gasteiger partial charge in [-0.3, -0.25) is 0 Å². The quantitative estimate of drug-likeness (QED) is 0.430. The molecule has 0 aliphatic rings. The van der Waals surface area contributed by atoms with Crippen LogP contribution in [0.4, 0.5) is 4.39 Å². The van der Waals surface area contributed by atoms with Crippen LogP contribution in [-0.2, 0) is 28.9 Å². The fraction of sp³-hybridized carbons (Fsp3) is 0.381. The lowest BCUT2D eigenvalue weighted by Gasteiger charge is -2.12. The predicted octanol–water partition coefficient (Wildman–Crippen LogP) is 2.91. The fourth-order valence-electron chi connectivity index (χ4n) is 2.71. The van der Waals surface area contributed by atoms with E-state index < -0.39 is 10.0 Å². The second kappa shape index (κ2) is 10.9. The molecular weight excluding hydrogens is 391 g/mol. The summed E-state index contributed by atoms with van der Waals surface area (Å²) in [6, 6.07) is 13.7. The van der Waals surface area contributed by atoms with Crippen molar-refractivity contribution in [2.24, 2.45) is 4.99 Å². The van der Waals surface area contributed by atoms with Crippen molar-refractivity contribution in [1.82, 2.24) is 15.4 Å².